The molecule has 0 radical (unpaired) electrons. The highest BCUT2D eigenvalue weighted by Gasteiger charge is 2.11. The Balaban J connectivity index is 2.30. The molecular formula is C11H9N5S. The zero-order valence-corrected chi connectivity index (χ0v) is 9.90. The third-order valence-corrected chi connectivity index (χ3v) is 3.24. The Labute approximate surface area is 102 Å². The second-order valence-corrected chi connectivity index (χ2v) is 4.29. The lowest BCUT2D eigenvalue weighted by Gasteiger charge is -2.04. The average molecular weight is 243 g/mol. The SMILES string of the molecule is CNc1nc(-c2cnccn2)c2sccc2n1. The molecule has 0 aromatic carbocycles. The predicted molar refractivity (Wildman–Crippen MR) is 68.0 cm³/mol. The zero-order chi connectivity index (χ0) is 11.7. The largest absolute Gasteiger partial charge is 0.357 e. The van der Waals surface area contributed by atoms with Crippen LogP contribution < -0.4 is 5.32 Å². The molecule has 3 rings (SSSR count). The summed E-state index contributed by atoms with van der Waals surface area (Å²) in [6.45, 7) is 0. The maximum absolute atomic E-state index is 4.45. The van der Waals surface area contributed by atoms with E-state index in [0.717, 1.165) is 21.6 Å². The van der Waals surface area contributed by atoms with Crippen LogP contribution in [-0.4, -0.2) is 27.0 Å². The first-order valence-corrected chi connectivity index (χ1v) is 5.96. The van der Waals surface area contributed by atoms with Gasteiger partial charge in [-0.1, -0.05) is 0 Å². The summed E-state index contributed by atoms with van der Waals surface area (Å²) in [6.07, 6.45) is 5.02. The molecule has 1 N–H and O–H groups in total. The quantitative estimate of drug-likeness (QED) is 0.747. The number of aromatic nitrogens is 4. The average Bonchev–Trinajstić information content (AvgIpc) is 2.86. The van der Waals surface area contributed by atoms with E-state index in [1.54, 1.807) is 37.0 Å². The normalized spacial score (nSPS) is 10.6. The van der Waals surface area contributed by atoms with E-state index in [1.807, 2.05) is 11.4 Å². The number of hydrogen-bond donors (Lipinski definition) is 1. The molecule has 84 valence electrons. The Hall–Kier alpha value is -2.08. The number of thiophene rings is 1. The lowest BCUT2D eigenvalue weighted by molar-refractivity contribution is 1.15. The third kappa shape index (κ3) is 1.72. The Morgan fingerprint density at radius 1 is 1.24 bits per heavy atom. The fourth-order valence-electron chi connectivity index (χ4n) is 1.57. The summed E-state index contributed by atoms with van der Waals surface area (Å²) < 4.78 is 1.03. The van der Waals surface area contributed by atoms with Crippen molar-refractivity contribution in [2.45, 2.75) is 0 Å². The van der Waals surface area contributed by atoms with Crippen LogP contribution in [0.25, 0.3) is 21.6 Å². The van der Waals surface area contributed by atoms with E-state index in [4.69, 9.17) is 0 Å². The van der Waals surface area contributed by atoms with Gasteiger partial charge in [-0.3, -0.25) is 9.97 Å². The van der Waals surface area contributed by atoms with Gasteiger partial charge in [0.25, 0.3) is 0 Å². The van der Waals surface area contributed by atoms with Gasteiger partial charge in [0.2, 0.25) is 5.95 Å². The maximum Gasteiger partial charge on any atom is 0.223 e. The Bertz CT molecular complexity index is 649. The van der Waals surface area contributed by atoms with E-state index in [9.17, 15) is 0 Å². The van der Waals surface area contributed by atoms with E-state index in [1.165, 1.54) is 0 Å². The fourth-order valence-corrected chi connectivity index (χ4v) is 2.40. The first-order valence-electron chi connectivity index (χ1n) is 5.08. The number of nitrogens with one attached hydrogen (secondary N) is 1. The molecule has 3 aromatic rings. The van der Waals surface area contributed by atoms with Crippen LogP contribution in [0.5, 0.6) is 0 Å². The van der Waals surface area contributed by atoms with Crippen LogP contribution >= 0.6 is 11.3 Å². The van der Waals surface area contributed by atoms with Crippen LogP contribution in [0.4, 0.5) is 5.95 Å². The monoisotopic (exact) mass is 243 g/mol. The smallest absolute Gasteiger partial charge is 0.223 e. The van der Waals surface area contributed by atoms with E-state index < -0.39 is 0 Å². The highest BCUT2D eigenvalue weighted by Crippen LogP contribution is 2.29. The van der Waals surface area contributed by atoms with Gasteiger partial charge < -0.3 is 5.32 Å². The molecule has 6 heteroatoms. The van der Waals surface area contributed by atoms with E-state index >= 15 is 0 Å². The lowest BCUT2D eigenvalue weighted by atomic mass is 10.3. The van der Waals surface area contributed by atoms with Gasteiger partial charge in [0.15, 0.2) is 0 Å². The van der Waals surface area contributed by atoms with Gasteiger partial charge in [-0.05, 0) is 11.4 Å². The van der Waals surface area contributed by atoms with Crippen molar-refractivity contribution in [1.29, 1.82) is 0 Å². The lowest BCUT2D eigenvalue weighted by Crippen LogP contribution is -1.98. The van der Waals surface area contributed by atoms with Gasteiger partial charge in [0.1, 0.15) is 11.4 Å². The van der Waals surface area contributed by atoms with E-state index in [2.05, 4.69) is 25.3 Å². The van der Waals surface area contributed by atoms with Crippen LogP contribution in [-0.2, 0) is 0 Å². The van der Waals surface area contributed by atoms with Gasteiger partial charge in [-0.15, -0.1) is 11.3 Å². The molecule has 3 aromatic heterocycles. The molecule has 0 aliphatic carbocycles. The first-order chi connectivity index (χ1) is 8.38. The summed E-state index contributed by atoms with van der Waals surface area (Å²) in [5.41, 5.74) is 2.51. The van der Waals surface area contributed by atoms with Gasteiger partial charge in [-0.25, -0.2) is 9.97 Å². The van der Waals surface area contributed by atoms with Crippen molar-refractivity contribution in [3.8, 4) is 11.4 Å². The molecule has 17 heavy (non-hydrogen) atoms. The zero-order valence-electron chi connectivity index (χ0n) is 9.08. The summed E-state index contributed by atoms with van der Waals surface area (Å²) >= 11 is 1.61. The van der Waals surface area contributed by atoms with Crippen molar-refractivity contribution in [3.63, 3.8) is 0 Å². The topological polar surface area (TPSA) is 63.6 Å². The predicted octanol–water partition coefficient (Wildman–Crippen LogP) is 2.19. The summed E-state index contributed by atoms with van der Waals surface area (Å²) in [6, 6.07) is 1.97. The summed E-state index contributed by atoms with van der Waals surface area (Å²) in [5, 5.41) is 4.95. The molecule has 0 bridgehead atoms. The van der Waals surface area contributed by atoms with Crippen molar-refractivity contribution in [3.05, 3.63) is 30.0 Å². The highest BCUT2D eigenvalue weighted by atomic mass is 32.1. The van der Waals surface area contributed by atoms with Crippen molar-refractivity contribution in [1.82, 2.24) is 19.9 Å². The number of anilines is 1. The van der Waals surface area contributed by atoms with Crippen molar-refractivity contribution in [2.75, 3.05) is 12.4 Å². The van der Waals surface area contributed by atoms with E-state index in [-0.39, 0.29) is 0 Å². The van der Waals surface area contributed by atoms with Crippen LogP contribution in [0.1, 0.15) is 0 Å². The number of rotatable bonds is 2. The Morgan fingerprint density at radius 3 is 2.94 bits per heavy atom. The van der Waals surface area contributed by atoms with Crippen LogP contribution in [0.2, 0.25) is 0 Å². The third-order valence-electron chi connectivity index (χ3n) is 2.33. The summed E-state index contributed by atoms with van der Waals surface area (Å²) in [5.74, 6) is 0.594. The van der Waals surface area contributed by atoms with Crippen LogP contribution in [0.3, 0.4) is 0 Å². The van der Waals surface area contributed by atoms with E-state index in [0.29, 0.717) is 5.95 Å². The Kier molecular flexibility index (Phi) is 2.41. The van der Waals surface area contributed by atoms with Crippen molar-refractivity contribution >= 4 is 27.5 Å². The molecular weight excluding hydrogens is 234 g/mol. The second kappa shape index (κ2) is 4.06. The number of fused-ring (bicyclic) bond motifs is 1. The van der Waals surface area contributed by atoms with Gasteiger partial charge >= 0.3 is 0 Å². The minimum atomic E-state index is 0.594. The molecule has 0 aliphatic rings. The number of nitrogens with zero attached hydrogens (tertiary/aromatic N) is 4. The summed E-state index contributed by atoms with van der Waals surface area (Å²) in [4.78, 5) is 17.2. The van der Waals surface area contributed by atoms with Gasteiger partial charge in [0, 0.05) is 19.4 Å². The molecule has 5 nitrogen and oxygen atoms in total. The molecule has 0 atom stereocenters. The van der Waals surface area contributed by atoms with Crippen molar-refractivity contribution in [2.24, 2.45) is 0 Å². The summed E-state index contributed by atoms with van der Waals surface area (Å²) in [7, 11) is 1.80. The molecule has 0 saturated carbocycles. The molecule has 0 spiro atoms. The van der Waals surface area contributed by atoms with Crippen LogP contribution in [0, 0.1) is 0 Å². The maximum atomic E-state index is 4.45. The Morgan fingerprint density at radius 2 is 2.18 bits per heavy atom. The minimum absolute atomic E-state index is 0.594. The van der Waals surface area contributed by atoms with Gasteiger partial charge in [-0.2, -0.15) is 0 Å². The van der Waals surface area contributed by atoms with Gasteiger partial charge in [0.05, 0.1) is 16.4 Å². The molecule has 0 saturated heterocycles. The number of hydrogen-bond acceptors (Lipinski definition) is 6. The van der Waals surface area contributed by atoms with Crippen molar-refractivity contribution < 1.29 is 0 Å². The second-order valence-electron chi connectivity index (χ2n) is 3.37. The molecule has 0 amide bonds. The molecule has 0 aliphatic heterocycles. The molecule has 0 unspecified atom stereocenters. The van der Waals surface area contributed by atoms with Crippen LogP contribution in [0.15, 0.2) is 30.0 Å². The standard InChI is InChI=1S/C11H9N5S/c1-12-11-15-7-2-5-17-10(7)9(16-11)8-6-13-3-4-14-8/h2-6H,1H3,(H,12,15,16). The fraction of sp³-hybridized carbons (Fsp3) is 0.0909. The molecule has 3 heterocycles. The molecule has 0 fully saturated rings. The first kappa shape index (κ1) is 10.1. The highest BCUT2D eigenvalue weighted by molar-refractivity contribution is 7.17. The minimum Gasteiger partial charge on any atom is -0.357 e.